The van der Waals surface area contributed by atoms with Crippen LogP contribution in [0, 0.1) is 0 Å². The highest BCUT2D eigenvalue weighted by Crippen LogP contribution is 2.17. The van der Waals surface area contributed by atoms with E-state index < -0.39 is 18.1 Å². The Morgan fingerprint density at radius 2 is 0.889 bits per heavy atom. The Hall–Kier alpha value is -2.45. The van der Waals surface area contributed by atoms with E-state index in [4.69, 9.17) is 14.2 Å². The standard InChI is InChI=1S/C55H101NO7/c1-6-8-10-12-14-16-18-20-22-24-26-28-29-31-33-35-37-39-41-43-45-53(57)62-50-51(49-61-48-47-52(55(59)60)56(3,4)5)63-54(58)46-44-42-40-38-36-34-32-30-27-25-23-21-19-17-15-13-11-9-7-2/h9,11,15,17,21,23,51-52H,6-8,10,12-14,16,18-20,22,24-50H2,1-5H3/b11-9+,17-15+,23-21+. The first-order valence-electron chi connectivity index (χ1n) is 26.5. The van der Waals surface area contributed by atoms with Gasteiger partial charge in [-0.05, 0) is 44.9 Å². The maximum atomic E-state index is 12.8. The fraction of sp³-hybridized carbons (Fsp3) is 0.836. The Kier molecular flexibility index (Phi) is 44.3. The Labute approximate surface area is 389 Å². The fourth-order valence-corrected chi connectivity index (χ4v) is 7.97. The highest BCUT2D eigenvalue weighted by atomic mass is 16.6. The Bertz CT molecular complexity index is 1130. The first-order chi connectivity index (χ1) is 30.6. The molecule has 0 aliphatic heterocycles. The summed E-state index contributed by atoms with van der Waals surface area (Å²) in [5.41, 5.74) is 0. The number of hydrogen-bond donors (Lipinski definition) is 0. The van der Waals surface area contributed by atoms with Crippen molar-refractivity contribution in [1.82, 2.24) is 0 Å². The molecule has 0 bridgehead atoms. The highest BCUT2D eigenvalue weighted by molar-refractivity contribution is 5.70. The average molecular weight is 888 g/mol. The van der Waals surface area contributed by atoms with Gasteiger partial charge in [0, 0.05) is 19.3 Å². The van der Waals surface area contributed by atoms with Crippen LogP contribution in [0.3, 0.4) is 0 Å². The molecular formula is C55H101NO7. The SMILES string of the molecule is CC/C=C/C/C=C/C/C=C/CCCCCCCCCCCC(=O)OC(COCCC(C(=O)[O-])[N+](C)(C)C)COC(=O)CCCCCCCCCCCCCCCCCCCCCC. The monoisotopic (exact) mass is 888 g/mol. The molecule has 368 valence electrons. The zero-order valence-electron chi connectivity index (χ0n) is 42.0. The van der Waals surface area contributed by atoms with Gasteiger partial charge in [-0.3, -0.25) is 9.59 Å². The van der Waals surface area contributed by atoms with Crippen molar-refractivity contribution in [1.29, 1.82) is 0 Å². The van der Waals surface area contributed by atoms with Gasteiger partial charge in [0.1, 0.15) is 12.6 Å². The summed E-state index contributed by atoms with van der Waals surface area (Å²) in [4.78, 5) is 37.1. The van der Waals surface area contributed by atoms with Crippen LogP contribution in [-0.4, -0.2) is 75.5 Å². The average Bonchev–Trinajstić information content (AvgIpc) is 3.24. The van der Waals surface area contributed by atoms with Gasteiger partial charge in [0.25, 0.3) is 0 Å². The van der Waals surface area contributed by atoms with E-state index in [1.54, 1.807) is 0 Å². The van der Waals surface area contributed by atoms with E-state index in [2.05, 4.69) is 50.3 Å². The van der Waals surface area contributed by atoms with Gasteiger partial charge in [0.2, 0.25) is 0 Å². The van der Waals surface area contributed by atoms with Gasteiger partial charge in [-0.2, -0.15) is 0 Å². The third-order valence-corrected chi connectivity index (χ3v) is 12.0. The molecule has 0 aliphatic carbocycles. The Morgan fingerprint density at radius 1 is 0.492 bits per heavy atom. The van der Waals surface area contributed by atoms with Crippen LogP contribution in [0.2, 0.25) is 0 Å². The molecule has 2 atom stereocenters. The van der Waals surface area contributed by atoms with Crippen molar-refractivity contribution in [3.63, 3.8) is 0 Å². The molecule has 0 aromatic rings. The normalized spacial score (nSPS) is 13.1. The number of unbranched alkanes of at least 4 members (excludes halogenated alkanes) is 28. The summed E-state index contributed by atoms with van der Waals surface area (Å²) in [5.74, 6) is -1.73. The number of hydrogen-bond acceptors (Lipinski definition) is 7. The van der Waals surface area contributed by atoms with E-state index >= 15 is 0 Å². The summed E-state index contributed by atoms with van der Waals surface area (Å²) in [6.45, 7) is 4.59. The van der Waals surface area contributed by atoms with Crippen molar-refractivity contribution in [3.8, 4) is 0 Å². The predicted octanol–water partition coefficient (Wildman–Crippen LogP) is 14.0. The van der Waals surface area contributed by atoms with E-state index in [9.17, 15) is 19.5 Å². The minimum Gasteiger partial charge on any atom is -0.544 e. The molecule has 2 unspecified atom stereocenters. The molecule has 8 nitrogen and oxygen atoms in total. The molecule has 0 saturated heterocycles. The molecule has 0 amide bonds. The molecular weight excluding hydrogens is 787 g/mol. The lowest BCUT2D eigenvalue weighted by molar-refractivity contribution is -0.889. The van der Waals surface area contributed by atoms with Crippen molar-refractivity contribution in [3.05, 3.63) is 36.5 Å². The Balaban J connectivity index is 4.20. The number of likely N-dealkylation sites (N-methyl/N-ethyl adjacent to an activating group) is 1. The highest BCUT2D eigenvalue weighted by Gasteiger charge is 2.25. The number of quaternary nitrogens is 1. The number of carboxylic acid groups (broad SMARTS) is 1. The number of allylic oxidation sites excluding steroid dienone is 6. The van der Waals surface area contributed by atoms with E-state index in [1.165, 1.54) is 148 Å². The predicted molar refractivity (Wildman–Crippen MR) is 263 cm³/mol. The summed E-state index contributed by atoms with van der Waals surface area (Å²) in [6, 6.07) is -0.726. The molecule has 0 fully saturated rings. The minimum atomic E-state index is -1.12. The molecule has 0 heterocycles. The summed E-state index contributed by atoms with van der Waals surface area (Å²) in [6.07, 6.45) is 54.6. The molecule has 0 saturated carbocycles. The van der Waals surface area contributed by atoms with Crippen molar-refractivity contribution < 1.29 is 38.2 Å². The third kappa shape index (κ3) is 44.5. The number of carbonyl (C=O) groups excluding carboxylic acids is 3. The van der Waals surface area contributed by atoms with Crippen molar-refractivity contribution in [2.75, 3.05) is 41.0 Å². The van der Waals surface area contributed by atoms with E-state index in [0.717, 1.165) is 64.2 Å². The maximum absolute atomic E-state index is 12.8. The van der Waals surface area contributed by atoms with Crippen LogP contribution in [0.1, 0.15) is 245 Å². The van der Waals surface area contributed by atoms with Gasteiger partial charge < -0.3 is 28.6 Å². The quantitative estimate of drug-likeness (QED) is 0.0259. The molecule has 63 heavy (non-hydrogen) atoms. The van der Waals surface area contributed by atoms with E-state index in [0.29, 0.717) is 12.8 Å². The second-order valence-electron chi connectivity index (χ2n) is 19.1. The third-order valence-electron chi connectivity index (χ3n) is 12.0. The van der Waals surface area contributed by atoms with Gasteiger partial charge in [0.05, 0.1) is 40.3 Å². The number of rotatable bonds is 48. The molecule has 0 aliphatic rings. The van der Waals surface area contributed by atoms with Crippen LogP contribution >= 0.6 is 0 Å². The number of nitrogens with zero attached hydrogens (tertiary/aromatic N) is 1. The minimum absolute atomic E-state index is 0.0417. The number of ether oxygens (including phenoxy) is 3. The summed E-state index contributed by atoms with van der Waals surface area (Å²) >= 11 is 0. The number of aliphatic carboxylic acids is 1. The van der Waals surface area contributed by atoms with Gasteiger partial charge in [-0.25, -0.2) is 0 Å². The van der Waals surface area contributed by atoms with Crippen LogP contribution in [0.15, 0.2) is 36.5 Å². The maximum Gasteiger partial charge on any atom is 0.306 e. The van der Waals surface area contributed by atoms with Crippen molar-refractivity contribution in [2.24, 2.45) is 0 Å². The van der Waals surface area contributed by atoms with Crippen LogP contribution in [0.5, 0.6) is 0 Å². The Morgan fingerprint density at radius 3 is 1.32 bits per heavy atom. The summed E-state index contributed by atoms with van der Waals surface area (Å²) in [5, 5.41) is 11.7. The second kappa shape index (κ2) is 46.1. The van der Waals surface area contributed by atoms with Crippen LogP contribution in [0.4, 0.5) is 0 Å². The lowest BCUT2D eigenvalue weighted by atomic mass is 10.0. The van der Waals surface area contributed by atoms with Crippen LogP contribution < -0.4 is 5.11 Å². The van der Waals surface area contributed by atoms with Gasteiger partial charge >= 0.3 is 11.9 Å². The first kappa shape index (κ1) is 60.5. The molecule has 0 N–H and O–H groups in total. The molecule has 0 radical (unpaired) electrons. The first-order valence-corrected chi connectivity index (χ1v) is 26.5. The molecule has 0 aromatic carbocycles. The van der Waals surface area contributed by atoms with E-state index in [-0.39, 0.29) is 42.7 Å². The fourth-order valence-electron chi connectivity index (χ4n) is 7.97. The van der Waals surface area contributed by atoms with Crippen molar-refractivity contribution >= 4 is 17.9 Å². The largest absolute Gasteiger partial charge is 0.544 e. The lowest BCUT2D eigenvalue weighted by Crippen LogP contribution is -2.55. The molecule has 8 heteroatoms. The molecule has 0 spiro atoms. The number of esters is 2. The topological polar surface area (TPSA) is 102 Å². The van der Waals surface area contributed by atoms with E-state index in [1.807, 2.05) is 21.1 Å². The smallest absolute Gasteiger partial charge is 0.306 e. The zero-order valence-corrected chi connectivity index (χ0v) is 42.0. The van der Waals surface area contributed by atoms with Crippen molar-refractivity contribution in [2.45, 2.75) is 257 Å². The lowest BCUT2D eigenvalue weighted by Gasteiger charge is -2.34. The van der Waals surface area contributed by atoms with Gasteiger partial charge in [0.15, 0.2) is 6.10 Å². The van der Waals surface area contributed by atoms with Gasteiger partial charge in [-0.15, -0.1) is 0 Å². The number of carboxylic acids is 1. The van der Waals surface area contributed by atoms with Crippen LogP contribution in [-0.2, 0) is 28.6 Å². The molecule has 0 aromatic heterocycles. The second-order valence-corrected chi connectivity index (χ2v) is 19.1. The molecule has 0 rings (SSSR count). The zero-order chi connectivity index (χ0) is 46.3. The van der Waals surface area contributed by atoms with Gasteiger partial charge in [-0.1, -0.05) is 217 Å². The number of carbonyl (C=O) groups is 3. The summed E-state index contributed by atoms with van der Waals surface area (Å²) in [7, 11) is 5.42. The van der Waals surface area contributed by atoms with Crippen LogP contribution in [0.25, 0.3) is 0 Å². The summed E-state index contributed by atoms with van der Waals surface area (Å²) < 4.78 is 17.3.